The molecule has 3 heterocycles. The van der Waals surface area contributed by atoms with E-state index in [1.807, 2.05) is 6.07 Å². The van der Waals surface area contributed by atoms with Gasteiger partial charge in [-0.3, -0.25) is 0 Å². The number of rotatable bonds is 8. The molecule has 30 heavy (non-hydrogen) atoms. The van der Waals surface area contributed by atoms with Crippen LogP contribution in [0, 0.1) is 0 Å². The molecule has 0 spiro atoms. The van der Waals surface area contributed by atoms with Crippen LogP contribution in [0.1, 0.15) is 39.0 Å². The third-order valence-electron chi connectivity index (χ3n) is 4.56. The highest BCUT2D eigenvalue weighted by molar-refractivity contribution is 7.91. The predicted octanol–water partition coefficient (Wildman–Crippen LogP) is 4.24. The van der Waals surface area contributed by atoms with Crippen molar-refractivity contribution in [1.82, 2.24) is 13.1 Å². The van der Waals surface area contributed by atoms with Crippen molar-refractivity contribution in [2.45, 2.75) is 50.4 Å². The van der Waals surface area contributed by atoms with Gasteiger partial charge in [-0.15, -0.1) is 11.3 Å². The summed E-state index contributed by atoms with van der Waals surface area (Å²) in [4.78, 5) is 0. The number of sulfonamides is 1. The Morgan fingerprint density at radius 1 is 1.27 bits per heavy atom. The van der Waals surface area contributed by atoms with Gasteiger partial charge in [-0.1, -0.05) is 6.92 Å². The smallest absolute Gasteiger partial charge is 0.256 e. The molecule has 0 amide bonds. The number of aromatic nitrogens is 2. The van der Waals surface area contributed by atoms with Crippen molar-refractivity contribution >= 4 is 50.4 Å². The predicted molar refractivity (Wildman–Crippen MR) is 119 cm³/mol. The van der Waals surface area contributed by atoms with Crippen molar-refractivity contribution < 1.29 is 17.9 Å². The quantitative estimate of drug-likeness (QED) is 0.446. The summed E-state index contributed by atoms with van der Waals surface area (Å²) < 4.78 is 40.7. The molecule has 0 atom stereocenters. The molecule has 0 aliphatic heterocycles. The summed E-state index contributed by atoms with van der Waals surface area (Å²) in [5.41, 5.74) is 0.740. The van der Waals surface area contributed by atoms with E-state index < -0.39 is 15.6 Å². The van der Waals surface area contributed by atoms with E-state index in [1.165, 1.54) is 11.4 Å². The van der Waals surface area contributed by atoms with E-state index in [2.05, 4.69) is 26.3 Å². The average molecular weight is 472 g/mol. The second kappa shape index (κ2) is 8.53. The first-order valence-electron chi connectivity index (χ1n) is 9.23. The summed E-state index contributed by atoms with van der Waals surface area (Å²) in [6.07, 6.45) is 2.61. The molecule has 164 valence electrons. The summed E-state index contributed by atoms with van der Waals surface area (Å²) in [5, 5.41) is 18.2. The zero-order chi connectivity index (χ0) is 22.1. The Balaban J connectivity index is 1.76. The fourth-order valence-corrected chi connectivity index (χ4v) is 5.87. The van der Waals surface area contributed by atoms with Crippen LogP contribution < -0.4 is 10.6 Å². The van der Waals surface area contributed by atoms with Gasteiger partial charge in [0.25, 0.3) is 10.0 Å². The normalized spacial score (nSPS) is 12.5. The number of thiophene rings is 1. The van der Waals surface area contributed by atoms with Gasteiger partial charge in [0.15, 0.2) is 21.6 Å². The first-order chi connectivity index (χ1) is 14.0. The molecule has 3 aromatic rings. The molecule has 0 aliphatic rings. The number of hydrogen-bond acceptors (Lipinski definition) is 10. The minimum atomic E-state index is -3.84. The molecule has 0 saturated heterocycles. The topological polar surface area (TPSA) is 121 Å². The molecule has 0 saturated carbocycles. The minimum Gasteiger partial charge on any atom is -0.504 e. The first kappa shape index (κ1) is 22.5. The van der Waals surface area contributed by atoms with Crippen LogP contribution in [0.2, 0.25) is 0 Å². The standard InChI is InChI=1S/C18H25N5O4S3/c1-6-11-7-12(27-9-11)8-19-15-16(22-29-21-15)20-13-10-28-17(14(13)24)30(25,26)23(5)18(2,3)4/h7,9-10,24H,6,8H2,1-5H3,(H,19,21)(H,20,22). The maximum absolute atomic E-state index is 12.9. The molecular formula is C18H25N5O4S3. The van der Waals surface area contributed by atoms with Crippen molar-refractivity contribution in [3.8, 4) is 5.75 Å². The van der Waals surface area contributed by atoms with Gasteiger partial charge >= 0.3 is 0 Å². The summed E-state index contributed by atoms with van der Waals surface area (Å²) in [6, 6.07) is 1.97. The van der Waals surface area contributed by atoms with Gasteiger partial charge in [0, 0.05) is 18.0 Å². The number of anilines is 3. The number of aromatic hydroxyl groups is 1. The van der Waals surface area contributed by atoms with Crippen molar-refractivity contribution in [3.05, 3.63) is 29.0 Å². The van der Waals surface area contributed by atoms with Crippen LogP contribution >= 0.6 is 23.1 Å². The van der Waals surface area contributed by atoms with Crippen LogP contribution in [0.3, 0.4) is 0 Å². The van der Waals surface area contributed by atoms with Gasteiger partial charge in [0.2, 0.25) is 0 Å². The summed E-state index contributed by atoms with van der Waals surface area (Å²) in [6.45, 7) is 7.84. The van der Waals surface area contributed by atoms with Crippen molar-refractivity contribution in [2.24, 2.45) is 0 Å². The van der Waals surface area contributed by atoms with E-state index in [9.17, 15) is 13.5 Å². The molecule has 0 aromatic carbocycles. The molecule has 3 aromatic heterocycles. The van der Waals surface area contributed by atoms with Crippen molar-refractivity contribution in [2.75, 3.05) is 17.7 Å². The zero-order valence-electron chi connectivity index (χ0n) is 17.4. The van der Waals surface area contributed by atoms with E-state index >= 15 is 0 Å². The van der Waals surface area contributed by atoms with Crippen molar-refractivity contribution in [3.63, 3.8) is 0 Å². The number of aryl methyl sites for hydroxylation is 1. The second-order valence-corrected chi connectivity index (χ2v) is 11.2. The lowest BCUT2D eigenvalue weighted by Gasteiger charge is -2.30. The fourth-order valence-electron chi connectivity index (χ4n) is 2.48. The van der Waals surface area contributed by atoms with E-state index in [1.54, 1.807) is 32.4 Å². The van der Waals surface area contributed by atoms with Gasteiger partial charge in [0.05, 0.1) is 30.2 Å². The Kier molecular flexibility index (Phi) is 6.41. The molecule has 9 nitrogen and oxygen atoms in total. The van der Waals surface area contributed by atoms with E-state index in [0.717, 1.165) is 40.8 Å². The summed E-state index contributed by atoms with van der Waals surface area (Å²) in [7, 11) is -2.35. The van der Waals surface area contributed by atoms with Crippen LogP contribution in [0.5, 0.6) is 5.75 Å². The molecular weight excluding hydrogens is 446 g/mol. The van der Waals surface area contributed by atoms with Crippen LogP contribution in [0.25, 0.3) is 0 Å². The third-order valence-corrected chi connectivity index (χ3v) is 8.70. The Bertz CT molecular complexity index is 1110. The van der Waals surface area contributed by atoms with Crippen LogP contribution in [-0.4, -0.2) is 39.2 Å². The highest BCUT2D eigenvalue weighted by atomic mass is 32.2. The van der Waals surface area contributed by atoms with Gasteiger partial charge in [-0.05, 0) is 38.8 Å². The maximum Gasteiger partial charge on any atom is 0.256 e. The van der Waals surface area contributed by atoms with Crippen LogP contribution in [-0.2, 0) is 23.0 Å². The molecule has 3 rings (SSSR count). The molecule has 0 bridgehead atoms. The van der Waals surface area contributed by atoms with Crippen LogP contribution in [0.4, 0.5) is 17.3 Å². The minimum absolute atomic E-state index is 0.122. The van der Waals surface area contributed by atoms with Gasteiger partial charge in [0.1, 0.15) is 5.76 Å². The highest BCUT2D eigenvalue weighted by Gasteiger charge is 2.34. The first-order valence-corrected chi connectivity index (χ1v) is 12.3. The molecule has 0 fully saturated rings. The van der Waals surface area contributed by atoms with E-state index in [4.69, 9.17) is 4.42 Å². The monoisotopic (exact) mass is 471 g/mol. The maximum atomic E-state index is 12.9. The SMILES string of the molecule is CCc1coc(CNc2nsnc2Nc2csc(S(=O)(=O)N(C)C(C)(C)C)c2O)c1. The van der Waals surface area contributed by atoms with E-state index in [-0.39, 0.29) is 15.6 Å². The number of nitrogens with zero attached hydrogens (tertiary/aromatic N) is 3. The van der Waals surface area contributed by atoms with Crippen molar-refractivity contribution in [1.29, 1.82) is 0 Å². The van der Waals surface area contributed by atoms with E-state index in [0.29, 0.717) is 18.2 Å². The lowest BCUT2D eigenvalue weighted by Crippen LogP contribution is -2.42. The van der Waals surface area contributed by atoms with Gasteiger partial charge < -0.3 is 20.2 Å². The second-order valence-electron chi connectivity index (χ2n) is 7.64. The fraction of sp³-hybridized carbons (Fsp3) is 0.444. The zero-order valence-corrected chi connectivity index (χ0v) is 19.8. The van der Waals surface area contributed by atoms with Crippen LogP contribution in [0.15, 0.2) is 26.3 Å². The average Bonchev–Trinajstić information content (AvgIpc) is 3.40. The highest BCUT2D eigenvalue weighted by Crippen LogP contribution is 2.41. The summed E-state index contributed by atoms with van der Waals surface area (Å²) >= 11 is 1.94. The molecule has 0 aliphatic carbocycles. The molecule has 3 N–H and O–H groups in total. The Hall–Kier alpha value is -2.15. The third kappa shape index (κ3) is 4.61. The lowest BCUT2D eigenvalue weighted by atomic mass is 10.1. The van der Waals surface area contributed by atoms with Gasteiger partial charge in [-0.2, -0.15) is 13.1 Å². The Morgan fingerprint density at radius 3 is 2.60 bits per heavy atom. The summed E-state index contributed by atoms with van der Waals surface area (Å²) in [5.74, 6) is 1.30. The largest absolute Gasteiger partial charge is 0.504 e. The molecule has 0 radical (unpaired) electrons. The van der Waals surface area contributed by atoms with Gasteiger partial charge in [-0.25, -0.2) is 8.42 Å². The number of nitrogens with one attached hydrogen (secondary N) is 2. The Morgan fingerprint density at radius 2 is 1.97 bits per heavy atom. The lowest BCUT2D eigenvalue weighted by molar-refractivity contribution is 0.291. The molecule has 0 unspecified atom stereocenters. The molecule has 12 heteroatoms. The number of furan rings is 1. The number of hydrogen-bond donors (Lipinski definition) is 3. The Labute approximate surface area is 184 Å².